The molecule has 2 amide bonds. The molecule has 1 aromatic carbocycles. The van der Waals surface area contributed by atoms with Gasteiger partial charge in [-0.15, -0.1) is 0 Å². The number of anilines is 1. The van der Waals surface area contributed by atoms with Crippen LogP contribution < -0.4 is 15.4 Å². The van der Waals surface area contributed by atoms with E-state index in [2.05, 4.69) is 15.5 Å². The van der Waals surface area contributed by atoms with Crippen LogP contribution in [0.15, 0.2) is 24.3 Å². The molecule has 0 saturated carbocycles. The fourth-order valence-corrected chi connectivity index (χ4v) is 2.59. The molecule has 1 aromatic rings. The number of ether oxygens (including phenoxy) is 1. The van der Waals surface area contributed by atoms with Gasteiger partial charge in [-0.1, -0.05) is 12.5 Å². The van der Waals surface area contributed by atoms with Gasteiger partial charge < -0.3 is 25.4 Å². The lowest BCUT2D eigenvalue weighted by Gasteiger charge is -2.28. The number of aliphatic hydroxyl groups excluding tert-OH is 1. The van der Waals surface area contributed by atoms with E-state index >= 15 is 0 Å². The van der Waals surface area contributed by atoms with Gasteiger partial charge in [0.25, 0.3) is 0 Å². The van der Waals surface area contributed by atoms with Crippen LogP contribution in [-0.4, -0.2) is 55.4 Å². The van der Waals surface area contributed by atoms with Gasteiger partial charge in [-0.05, 0) is 38.1 Å². The van der Waals surface area contributed by atoms with Crippen molar-refractivity contribution in [3.05, 3.63) is 24.3 Å². The summed E-state index contributed by atoms with van der Waals surface area (Å²) in [5, 5.41) is 15.4. The van der Waals surface area contributed by atoms with Gasteiger partial charge in [0.2, 0.25) is 0 Å². The number of nitrogens with one attached hydrogen (secondary N) is 2. The van der Waals surface area contributed by atoms with Gasteiger partial charge >= 0.3 is 6.03 Å². The second kappa shape index (κ2) is 8.60. The number of β-amino-alcohol motifs (C(OH)–C–C–N with tert-alkyl or cyclic N) is 1. The third-order valence-electron chi connectivity index (χ3n) is 3.74. The molecule has 6 nitrogen and oxygen atoms in total. The Labute approximate surface area is 131 Å². The van der Waals surface area contributed by atoms with Gasteiger partial charge in [0.15, 0.2) is 0 Å². The van der Waals surface area contributed by atoms with E-state index < -0.39 is 6.10 Å². The number of piperidine rings is 1. The highest BCUT2D eigenvalue weighted by atomic mass is 16.5. The van der Waals surface area contributed by atoms with E-state index in [9.17, 15) is 9.90 Å². The second-order valence-electron chi connectivity index (χ2n) is 5.58. The van der Waals surface area contributed by atoms with Gasteiger partial charge in [-0.3, -0.25) is 0 Å². The first-order valence-electron chi connectivity index (χ1n) is 7.76. The number of urea groups is 1. The zero-order valence-corrected chi connectivity index (χ0v) is 13.0. The summed E-state index contributed by atoms with van der Waals surface area (Å²) < 4.78 is 5.10. The highest BCUT2D eigenvalue weighted by Crippen LogP contribution is 2.16. The Morgan fingerprint density at radius 2 is 2.14 bits per heavy atom. The van der Waals surface area contributed by atoms with Gasteiger partial charge in [-0.2, -0.15) is 0 Å². The number of nitrogens with zero attached hydrogens (tertiary/aromatic N) is 1. The monoisotopic (exact) mass is 307 g/mol. The topological polar surface area (TPSA) is 73.8 Å². The standard InChI is InChI=1S/C16H25N3O3/c1-22-15-7-5-6-13(10-15)18-16(21)17-11-14(20)12-19-8-3-2-4-9-19/h5-7,10,14,20H,2-4,8-9,11-12H2,1H3,(H2,17,18,21)/t14-/m0/s1. The van der Waals surface area contributed by atoms with Crippen molar-refractivity contribution in [2.24, 2.45) is 0 Å². The second-order valence-corrected chi connectivity index (χ2v) is 5.58. The quantitative estimate of drug-likeness (QED) is 0.747. The first-order chi connectivity index (χ1) is 10.7. The van der Waals surface area contributed by atoms with Crippen molar-refractivity contribution in [2.45, 2.75) is 25.4 Å². The van der Waals surface area contributed by atoms with E-state index in [0.717, 1.165) is 13.1 Å². The molecule has 2 rings (SSSR count). The normalized spacial score (nSPS) is 16.8. The van der Waals surface area contributed by atoms with Crippen molar-refractivity contribution in [1.82, 2.24) is 10.2 Å². The number of aliphatic hydroxyl groups is 1. The van der Waals surface area contributed by atoms with Crippen molar-refractivity contribution in [3.8, 4) is 5.75 Å². The average molecular weight is 307 g/mol. The number of hydrogen-bond acceptors (Lipinski definition) is 4. The molecule has 3 N–H and O–H groups in total. The number of methoxy groups -OCH3 is 1. The van der Waals surface area contributed by atoms with E-state index in [1.54, 1.807) is 25.3 Å². The highest BCUT2D eigenvalue weighted by Gasteiger charge is 2.15. The van der Waals surface area contributed by atoms with Crippen LogP contribution in [0.2, 0.25) is 0 Å². The molecule has 1 aliphatic heterocycles. The van der Waals surface area contributed by atoms with Crippen LogP contribution in [0, 0.1) is 0 Å². The molecule has 0 bridgehead atoms. The lowest BCUT2D eigenvalue weighted by Crippen LogP contribution is -2.42. The van der Waals surface area contributed by atoms with Crippen molar-refractivity contribution < 1.29 is 14.6 Å². The Kier molecular flexibility index (Phi) is 6.48. The number of amides is 2. The van der Waals surface area contributed by atoms with Crippen LogP contribution >= 0.6 is 0 Å². The first-order valence-corrected chi connectivity index (χ1v) is 7.76. The van der Waals surface area contributed by atoms with Crippen molar-refractivity contribution in [2.75, 3.05) is 38.6 Å². The summed E-state index contributed by atoms with van der Waals surface area (Å²) in [6.45, 7) is 2.92. The summed E-state index contributed by atoms with van der Waals surface area (Å²) in [5.74, 6) is 0.683. The Bertz CT molecular complexity index is 475. The fraction of sp³-hybridized carbons (Fsp3) is 0.562. The van der Waals surface area contributed by atoms with Crippen LogP contribution in [0.4, 0.5) is 10.5 Å². The van der Waals surface area contributed by atoms with E-state index in [1.165, 1.54) is 19.3 Å². The number of carbonyl (C=O) groups is 1. The number of likely N-dealkylation sites (tertiary alicyclic amines) is 1. The molecule has 1 fully saturated rings. The Morgan fingerprint density at radius 3 is 2.86 bits per heavy atom. The molecule has 0 unspecified atom stereocenters. The van der Waals surface area contributed by atoms with Crippen molar-refractivity contribution in [3.63, 3.8) is 0 Å². The Hall–Kier alpha value is -1.79. The van der Waals surface area contributed by atoms with Crippen LogP contribution in [0.1, 0.15) is 19.3 Å². The first kappa shape index (κ1) is 16.6. The Morgan fingerprint density at radius 1 is 1.36 bits per heavy atom. The molecule has 0 aromatic heterocycles. The van der Waals surface area contributed by atoms with Crippen LogP contribution in [0.25, 0.3) is 0 Å². The van der Waals surface area contributed by atoms with Crippen molar-refractivity contribution in [1.29, 1.82) is 0 Å². The molecule has 6 heteroatoms. The van der Waals surface area contributed by atoms with E-state index in [4.69, 9.17) is 4.74 Å². The maximum absolute atomic E-state index is 11.8. The number of rotatable bonds is 6. The molecular formula is C16H25N3O3. The maximum atomic E-state index is 11.8. The molecule has 1 atom stereocenters. The van der Waals surface area contributed by atoms with Crippen molar-refractivity contribution >= 4 is 11.7 Å². The molecule has 0 radical (unpaired) electrons. The zero-order chi connectivity index (χ0) is 15.8. The molecule has 0 spiro atoms. The van der Waals surface area contributed by atoms with Crippen LogP contribution in [-0.2, 0) is 0 Å². The maximum Gasteiger partial charge on any atom is 0.319 e. The third-order valence-corrected chi connectivity index (χ3v) is 3.74. The molecule has 0 aliphatic carbocycles. The smallest absolute Gasteiger partial charge is 0.319 e. The van der Waals surface area contributed by atoms with Gasteiger partial charge in [-0.25, -0.2) is 4.79 Å². The minimum Gasteiger partial charge on any atom is -0.497 e. The minimum absolute atomic E-state index is 0.242. The van der Waals surface area contributed by atoms with E-state index in [-0.39, 0.29) is 12.6 Å². The average Bonchev–Trinajstić information content (AvgIpc) is 2.54. The molecule has 1 heterocycles. The fourth-order valence-electron chi connectivity index (χ4n) is 2.59. The summed E-state index contributed by atoms with van der Waals surface area (Å²) in [6, 6.07) is 6.81. The highest BCUT2D eigenvalue weighted by molar-refractivity contribution is 5.89. The largest absolute Gasteiger partial charge is 0.497 e. The molecular weight excluding hydrogens is 282 g/mol. The van der Waals surface area contributed by atoms with E-state index in [1.807, 2.05) is 6.07 Å². The molecule has 22 heavy (non-hydrogen) atoms. The summed E-state index contributed by atoms with van der Waals surface area (Å²) in [6.07, 6.45) is 3.11. The minimum atomic E-state index is -0.547. The summed E-state index contributed by atoms with van der Waals surface area (Å²) in [4.78, 5) is 14.1. The van der Waals surface area contributed by atoms with Gasteiger partial charge in [0.1, 0.15) is 5.75 Å². The number of carbonyl (C=O) groups excluding carboxylic acids is 1. The predicted octanol–water partition coefficient (Wildman–Crippen LogP) is 1.66. The number of hydrogen-bond donors (Lipinski definition) is 3. The SMILES string of the molecule is COc1cccc(NC(=O)NC[C@H](O)CN2CCCCC2)c1. The lowest BCUT2D eigenvalue weighted by molar-refractivity contribution is 0.102. The predicted molar refractivity (Wildman–Crippen MR) is 86.3 cm³/mol. The van der Waals surface area contributed by atoms with Gasteiger partial charge in [0, 0.05) is 24.8 Å². The zero-order valence-electron chi connectivity index (χ0n) is 13.0. The van der Waals surface area contributed by atoms with Crippen LogP contribution in [0.5, 0.6) is 5.75 Å². The summed E-state index contributed by atoms with van der Waals surface area (Å²) in [7, 11) is 1.58. The molecule has 122 valence electrons. The number of benzene rings is 1. The summed E-state index contributed by atoms with van der Waals surface area (Å²) in [5.41, 5.74) is 0.655. The van der Waals surface area contributed by atoms with E-state index in [0.29, 0.717) is 18.0 Å². The third kappa shape index (κ3) is 5.54. The van der Waals surface area contributed by atoms with Gasteiger partial charge in [0.05, 0.1) is 13.2 Å². The summed E-state index contributed by atoms with van der Waals surface area (Å²) >= 11 is 0. The van der Waals surface area contributed by atoms with Crippen LogP contribution in [0.3, 0.4) is 0 Å². The Balaban J connectivity index is 1.70. The molecule has 1 aliphatic rings. The lowest BCUT2D eigenvalue weighted by atomic mass is 10.1. The molecule has 1 saturated heterocycles.